The Bertz CT molecular complexity index is 827. The average molecular weight is 378 g/mol. The van der Waals surface area contributed by atoms with E-state index < -0.39 is 22.7 Å². The number of anilines is 1. The molecule has 3 rings (SSSR count). The number of urea groups is 1. The van der Waals surface area contributed by atoms with Crippen LogP contribution in [0.1, 0.15) is 29.8 Å². The summed E-state index contributed by atoms with van der Waals surface area (Å²) in [6.45, 7) is 1.10. The second kappa shape index (κ2) is 7.57. The van der Waals surface area contributed by atoms with E-state index in [2.05, 4.69) is 0 Å². The number of carbonyl (C=O) groups excluding carboxylic acids is 2. The number of nitrogens with zero attached hydrogens (tertiary/aromatic N) is 3. The normalized spacial score (nSPS) is 14.1. The van der Waals surface area contributed by atoms with Crippen LogP contribution in [-0.4, -0.2) is 34.9 Å². The molecule has 0 saturated carbocycles. The molecular weight excluding hydrogens is 362 g/mol. The molecule has 136 valence electrons. The summed E-state index contributed by atoms with van der Waals surface area (Å²) in [6, 6.07) is 7.98. The summed E-state index contributed by atoms with van der Waals surface area (Å²) in [4.78, 5) is 38.4. The van der Waals surface area contributed by atoms with Crippen LogP contribution in [0.5, 0.6) is 0 Å². The number of hydrogen-bond donors (Lipinski definition) is 0. The first kappa shape index (κ1) is 17.9. The second-order valence-corrected chi connectivity index (χ2v) is 6.28. The molecule has 1 aliphatic heterocycles. The predicted octanol–water partition coefficient (Wildman–Crippen LogP) is 4.09. The summed E-state index contributed by atoms with van der Waals surface area (Å²) in [6.07, 6.45) is 2.75. The number of carbonyl (C=O) groups is 2. The van der Waals surface area contributed by atoms with Crippen LogP contribution >= 0.6 is 11.6 Å². The van der Waals surface area contributed by atoms with Gasteiger partial charge in [-0.25, -0.2) is 9.69 Å². The third kappa shape index (κ3) is 3.70. The minimum atomic E-state index is -0.768. The minimum absolute atomic E-state index is 0.281. The molecule has 1 aliphatic rings. The van der Waals surface area contributed by atoms with Gasteiger partial charge in [-0.15, -0.1) is 0 Å². The van der Waals surface area contributed by atoms with Crippen LogP contribution in [0.2, 0.25) is 5.02 Å². The maximum Gasteiger partial charge on any atom is 0.433 e. The molecule has 0 spiro atoms. The molecule has 9 heteroatoms. The van der Waals surface area contributed by atoms with Crippen molar-refractivity contribution >= 4 is 35.1 Å². The fourth-order valence-corrected chi connectivity index (χ4v) is 2.91. The molecule has 3 amide bonds. The van der Waals surface area contributed by atoms with Gasteiger partial charge >= 0.3 is 17.8 Å². The van der Waals surface area contributed by atoms with Crippen molar-refractivity contribution in [2.45, 2.75) is 19.3 Å². The lowest BCUT2D eigenvalue weighted by Gasteiger charge is -2.31. The maximum atomic E-state index is 13.0. The summed E-state index contributed by atoms with van der Waals surface area (Å²) in [5.41, 5.74) is 0.314. The Morgan fingerprint density at radius 3 is 2.31 bits per heavy atom. The molecule has 1 aromatic carbocycles. The van der Waals surface area contributed by atoms with Gasteiger partial charge in [-0.05, 0) is 49.6 Å². The van der Waals surface area contributed by atoms with Gasteiger partial charge in [-0.2, -0.15) is 0 Å². The van der Waals surface area contributed by atoms with Gasteiger partial charge in [0, 0.05) is 18.1 Å². The molecular formula is C17H16ClN3O5. The van der Waals surface area contributed by atoms with Crippen LogP contribution in [0.15, 0.2) is 40.8 Å². The second-order valence-electron chi connectivity index (χ2n) is 5.84. The number of piperidine rings is 1. The molecule has 1 saturated heterocycles. The van der Waals surface area contributed by atoms with Crippen molar-refractivity contribution in [3.63, 3.8) is 0 Å². The van der Waals surface area contributed by atoms with Gasteiger partial charge in [0.1, 0.15) is 4.92 Å². The third-order valence-electron chi connectivity index (χ3n) is 4.09. The van der Waals surface area contributed by atoms with Crippen molar-refractivity contribution in [1.29, 1.82) is 0 Å². The molecule has 26 heavy (non-hydrogen) atoms. The maximum absolute atomic E-state index is 13.0. The van der Waals surface area contributed by atoms with E-state index in [1.165, 1.54) is 6.07 Å². The van der Waals surface area contributed by atoms with Gasteiger partial charge in [0.2, 0.25) is 0 Å². The highest BCUT2D eigenvalue weighted by Gasteiger charge is 2.32. The number of imide groups is 1. The molecule has 0 radical (unpaired) electrons. The molecule has 0 atom stereocenters. The van der Waals surface area contributed by atoms with Crippen LogP contribution in [0.4, 0.5) is 16.4 Å². The number of hydrogen-bond acceptors (Lipinski definition) is 5. The Hall–Kier alpha value is -2.87. The quantitative estimate of drug-likeness (QED) is 0.592. The van der Waals surface area contributed by atoms with Gasteiger partial charge in [-0.1, -0.05) is 11.6 Å². The largest absolute Gasteiger partial charge is 0.433 e. The van der Waals surface area contributed by atoms with Crippen LogP contribution in [0.3, 0.4) is 0 Å². The molecule has 1 aromatic heterocycles. The van der Waals surface area contributed by atoms with E-state index in [1.54, 1.807) is 29.2 Å². The smallest absolute Gasteiger partial charge is 0.395 e. The summed E-state index contributed by atoms with van der Waals surface area (Å²) < 4.78 is 4.98. The van der Waals surface area contributed by atoms with E-state index >= 15 is 0 Å². The predicted molar refractivity (Wildman–Crippen MR) is 94.4 cm³/mol. The lowest BCUT2D eigenvalue weighted by atomic mass is 10.1. The highest BCUT2D eigenvalue weighted by atomic mass is 35.5. The first-order valence-electron chi connectivity index (χ1n) is 8.10. The Morgan fingerprint density at radius 2 is 1.73 bits per heavy atom. The molecule has 2 heterocycles. The Kier molecular flexibility index (Phi) is 5.22. The average Bonchev–Trinajstić information content (AvgIpc) is 3.14. The summed E-state index contributed by atoms with van der Waals surface area (Å²) in [5, 5.41) is 11.3. The highest BCUT2D eigenvalue weighted by molar-refractivity contribution is 6.30. The Labute approximate surface area is 154 Å². The Balaban J connectivity index is 1.95. The van der Waals surface area contributed by atoms with Crippen molar-refractivity contribution < 1.29 is 18.9 Å². The van der Waals surface area contributed by atoms with Crippen LogP contribution in [0, 0.1) is 10.1 Å². The number of likely N-dealkylation sites (tertiary alicyclic amines) is 1. The van der Waals surface area contributed by atoms with Crippen LogP contribution < -0.4 is 4.90 Å². The number of furan rings is 1. The van der Waals surface area contributed by atoms with E-state index in [4.69, 9.17) is 16.0 Å². The number of amides is 3. The lowest BCUT2D eigenvalue weighted by molar-refractivity contribution is -0.402. The van der Waals surface area contributed by atoms with Gasteiger partial charge < -0.3 is 9.32 Å². The minimum Gasteiger partial charge on any atom is -0.395 e. The van der Waals surface area contributed by atoms with Gasteiger partial charge in [-0.3, -0.25) is 14.9 Å². The fraction of sp³-hybridized carbons (Fsp3) is 0.294. The standard InChI is InChI=1S/C17H16ClN3O5/c18-12-4-6-13(7-5-12)20(17(23)19-10-2-1-3-11-19)16(22)14-8-9-15(26-14)21(24)25/h4-9H,1-3,10-11H2. The van der Waals surface area contributed by atoms with E-state index in [1.807, 2.05) is 0 Å². The molecule has 1 fully saturated rings. The van der Waals surface area contributed by atoms with Crippen molar-refractivity contribution in [1.82, 2.24) is 4.90 Å². The van der Waals surface area contributed by atoms with Gasteiger partial charge in [0.15, 0.2) is 5.76 Å². The molecule has 0 unspecified atom stereocenters. The molecule has 0 aliphatic carbocycles. The molecule has 2 aromatic rings. The zero-order valence-corrected chi connectivity index (χ0v) is 14.5. The first-order chi connectivity index (χ1) is 12.5. The summed E-state index contributed by atoms with van der Waals surface area (Å²) in [5.74, 6) is -1.61. The zero-order valence-electron chi connectivity index (χ0n) is 13.8. The van der Waals surface area contributed by atoms with E-state index in [0.29, 0.717) is 23.8 Å². The zero-order chi connectivity index (χ0) is 18.7. The molecule has 0 bridgehead atoms. The van der Waals surface area contributed by atoms with Crippen molar-refractivity contribution in [3.05, 3.63) is 57.3 Å². The lowest BCUT2D eigenvalue weighted by Crippen LogP contribution is -2.48. The van der Waals surface area contributed by atoms with Crippen molar-refractivity contribution in [2.24, 2.45) is 0 Å². The third-order valence-corrected chi connectivity index (χ3v) is 4.34. The number of halogens is 1. The Morgan fingerprint density at radius 1 is 1.08 bits per heavy atom. The highest BCUT2D eigenvalue weighted by Crippen LogP contribution is 2.25. The van der Waals surface area contributed by atoms with Crippen molar-refractivity contribution in [2.75, 3.05) is 18.0 Å². The van der Waals surface area contributed by atoms with Crippen LogP contribution in [-0.2, 0) is 0 Å². The fourth-order valence-electron chi connectivity index (χ4n) is 2.78. The monoisotopic (exact) mass is 377 g/mol. The summed E-state index contributed by atoms with van der Waals surface area (Å²) >= 11 is 5.89. The first-order valence-corrected chi connectivity index (χ1v) is 8.48. The topological polar surface area (TPSA) is 96.9 Å². The van der Waals surface area contributed by atoms with Crippen LogP contribution in [0.25, 0.3) is 0 Å². The van der Waals surface area contributed by atoms with Crippen molar-refractivity contribution in [3.8, 4) is 0 Å². The van der Waals surface area contributed by atoms with E-state index in [9.17, 15) is 19.7 Å². The number of benzene rings is 1. The summed E-state index contributed by atoms with van der Waals surface area (Å²) in [7, 11) is 0. The van der Waals surface area contributed by atoms with Gasteiger partial charge in [0.05, 0.1) is 11.8 Å². The number of rotatable bonds is 3. The SMILES string of the molecule is O=C(c1ccc([N+](=O)[O-])o1)N(C(=O)N1CCCCC1)c1ccc(Cl)cc1. The van der Waals surface area contributed by atoms with E-state index in [0.717, 1.165) is 30.2 Å². The number of nitro groups is 1. The van der Waals surface area contributed by atoms with Gasteiger partial charge in [0.25, 0.3) is 0 Å². The molecule has 0 N–H and O–H groups in total. The van der Waals surface area contributed by atoms with E-state index in [-0.39, 0.29) is 5.76 Å². The molecule has 8 nitrogen and oxygen atoms in total.